The Morgan fingerprint density at radius 3 is 2.27 bits per heavy atom. The van der Waals surface area contributed by atoms with E-state index in [-0.39, 0.29) is 11.3 Å². The van der Waals surface area contributed by atoms with E-state index in [2.05, 4.69) is 13.8 Å². The van der Waals surface area contributed by atoms with Gasteiger partial charge in [0.25, 0.3) is 11.7 Å². The molecule has 0 saturated carbocycles. The molecule has 1 fully saturated rings. The number of hydrogen-bond donors (Lipinski definition) is 1. The van der Waals surface area contributed by atoms with E-state index in [0.717, 1.165) is 11.1 Å². The Morgan fingerprint density at radius 2 is 1.73 bits per heavy atom. The van der Waals surface area contributed by atoms with Crippen molar-refractivity contribution >= 4 is 17.4 Å². The van der Waals surface area contributed by atoms with Crippen LogP contribution in [0.25, 0.3) is 5.76 Å². The van der Waals surface area contributed by atoms with Gasteiger partial charge in [0, 0.05) is 13.1 Å². The molecule has 1 N–H and O–H groups in total. The minimum absolute atomic E-state index is 0.0441. The van der Waals surface area contributed by atoms with Crippen LogP contribution in [0.5, 0.6) is 11.5 Å². The number of methoxy groups -OCH3 is 2. The summed E-state index contributed by atoms with van der Waals surface area (Å²) < 4.78 is 10.7. The van der Waals surface area contributed by atoms with E-state index in [9.17, 15) is 14.7 Å². The third-order valence-corrected chi connectivity index (χ3v) is 5.91. The first-order valence-electron chi connectivity index (χ1n) is 10.9. The second-order valence-corrected chi connectivity index (χ2v) is 8.68. The average Bonchev–Trinajstić information content (AvgIpc) is 3.06. The number of likely N-dealkylation sites (N-methyl/N-ethyl adjacent to an activating group) is 1. The second kappa shape index (κ2) is 10.1. The van der Waals surface area contributed by atoms with Gasteiger partial charge in [-0.3, -0.25) is 9.59 Å². The maximum atomic E-state index is 13.2. The van der Waals surface area contributed by atoms with Crippen LogP contribution in [-0.4, -0.2) is 68.0 Å². The predicted octanol–water partition coefficient (Wildman–Crippen LogP) is 3.81. The molecule has 1 atom stereocenters. The lowest BCUT2D eigenvalue weighted by atomic mass is 9.93. The van der Waals surface area contributed by atoms with Crippen molar-refractivity contribution in [3.05, 3.63) is 64.7 Å². The van der Waals surface area contributed by atoms with Crippen molar-refractivity contribution in [2.75, 3.05) is 41.4 Å². The number of aliphatic hydroxyl groups excluding tert-OH is 1. The van der Waals surface area contributed by atoms with Gasteiger partial charge in [-0.25, -0.2) is 0 Å². The predicted molar refractivity (Wildman–Crippen MR) is 128 cm³/mol. The molecule has 33 heavy (non-hydrogen) atoms. The summed E-state index contributed by atoms with van der Waals surface area (Å²) in [7, 11) is 6.81. The number of aliphatic hydroxyl groups is 1. The fourth-order valence-electron chi connectivity index (χ4n) is 3.97. The number of rotatable bonds is 8. The highest BCUT2D eigenvalue weighted by Crippen LogP contribution is 2.41. The third-order valence-electron chi connectivity index (χ3n) is 5.91. The molecule has 176 valence electrons. The highest BCUT2D eigenvalue weighted by Gasteiger charge is 2.46. The molecule has 1 aliphatic rings. The number of ether oxygens (including phenoxy) is 2. The molecule has 2 aromatic rings. The molecule has 2 aromatic carbocycles. The van der Waals surface area contributed by atoms with Crippen LogP contribution in [0.15, 0.2) is 48.0 Å². The first-order chi connectivity index (χ1) is 15.7. The van der Waals surface area contributed by atoms with E-state index in [0.29, 0.717) is 36.1 Å². The molecule has 0 aromatic heterocycles. The summed E-state index contributed by atoms with van der Waals surface area (Å²) in [6, 6.07) is 12.1. The van der Waals surface area contributed by atoms with Crippen molar-refractivity contribution in [1.29, 1.82) is 0 Å². The number of Topliss-reactive ketones (excluding diaryl/α,β-unsaturated/α-hetero) is 1. The minimum atomic E-state index is -0.714. The van der Waals surface area contributed by atoms with Crippen molar-refractivity contribution in [2.45, 2.75) is 25.8 Å². The van der Waals surface area contributed by atoms with Gasteiger partial charge in [0.15, 0.2) is 0 Å². The number of amides is 1. The van der Waals surface area contributed by atoms with Crippen molar-refractivity contribution in [1.82, 2.24) is 9.80 Å². The molecular weight excluding hydrogens is 420 g/mol. The molecule has 1 aliphatic heterocycles. The average molecular weight is 453 g/mol. The molecule has 1 saturated heterocycles. The number of likely N-dealkylation sites (tertiary alicyclic amines) is 1. The van der Waals surface area contributed by atoms with Gasteiger partial charge >= 0.3 is 0 Å². The minimum Gasteiger partial charge on any atom is -0.507 e. The fourth-order valence-corrected chi connectivity index (χ4v) is 3.97. The van der Waals surface area contributed by atoms with Crippen LogP contribution in [0.2, 0.25) is 0 Å². The Labute approximate surface area is 195 Å². The monoisotopic (exact) mass is 452 g/mol. The van der Waals surface area contributed by atoms with E-state index in [1.54, 1.807) is 18.2 Å². The topological polar surface area (TPSA) is 79.3 Å². The zero-order valence-corrected chi connectivity index (χ0v) is 20.1. The molecule has 1 heterocycles. The van der Waals surface area contributed by atoms with Crippen molar-refractivity contribution in [2.24, 2.45) is 0 Å². The van der Waals surface area contributed by atoms with E-state index < -0.39 is 17.7 Å². The Hall–Kier alpha value is -3.32. The lowest BCUT2D eigenvalue weighted by molar-refractivity contribution is -0.140. The first-order valence-corrected chi connectivity index (χ1v) is 10.9. The van der Waals surface area contributed by atoms with Crippen LogP contribution in [0, 0.1) is 0 Å². The molecular formula is C26H32N2O5. The SMILES string of the molecule is COc1ccc(OC)c(/C(O)=C2\C(=O)C(=O)N(CCN(C)C)C2c2ccc(C(C)C)cc2)c1. The lowest BCUT2D eigenvalue weighted by Crippen LogP contribution is -2.35. The van der Waals surface area contributed by atoms with Gasteiger partial charge in [-0.1, -0.05) is 38.1 Å². The summed E-state index contributed by atoms with van der Waals surface area (Å²) in [5.74, 6) is -0.402. The molecule has 0 spiro atoms. The third kappa shape index (κ3) is 4.88. The molecule has 0 radical (unpaired) electrons. The highest BCUT2D eigenvalue weighted by molar-refractivity contribution is 6.46. The summed E-state index contributed by atoms with van der Waals surface area (Å²) in [6.45, 7) is 5.14. The molecule has 3 rings (SSSR count). The molecule has 7 nitrogen and oxygen atoms in total. The van der Waals surface area contributed by atoms with Gasteiger partial charge in [-0.15, -0.1) is 0 Å². The number of benzene rings is 2. The maximum absolute atomic E-state index is 13.2. The number of ketones is 1. The fraction of sp³-hybridized carbons (Fsp3) is 0.385. The van der Waals surface area contributed by atoms with E-state index in [4.69, 9.17) is 9.47 Å². The number of hydrogen-bond acceptors (Lipinski definition) is 6. The van der Waals surface area contributed by atoms with Crippen LogP contribution < -0.4 is 9.47 Å². The quantitative estimate of drug-likeness (QED) is 0.373. The Kier molecular flexibility index (Phi) is 7.43. The molecule has 0 bridgehead atoms. The standard InChI is InChI=1S/C26H32N2O5/c1-16(2)17-7-9-18(10-8-17)23-22(25(30)26(31)28(23)14-13-27(3)4)24(29)20-15-19(32-5)11-12-21(20)33-6/h7-12,15-16,23,29H,13-14H2,1-6H3/b24-22+. The molecule has 0 aliphatic carbocycles. The highest BCUT2D eigenvalue weighted by atomic mass is 16.5. The first kappa shape index (κ1) is 24.3. The smallest absolute Gasteiger partial charge is 0.295 e. The maximum Gasteiger partial charge on any atom is 0.295 e. The largest absolute Gasteiger partial charge is 0.507 e. The van der Waals surface area contributed by atoms with E-state index in [1.807, 2.05) is 43.3 Å². The van der Waals surface area contributed by atoms with Gasteiger partial charge in [-0.2, -0.15) is 0 Å². The van der Waals surface area contributed by atoms with Crippen LogP contribution in [0.3, 0.4) is 0 Å². The number of carbonyl (C=O) groups excluding carboxylic acids is 2. The summed E-state index contributed by atoms with van der Waals surface area (Å²) >= 11 is 0. The van der Waals surface area contributed by atoms with Crippen LogP contribution in [0.1, 0.15) is 42.5 Å². The second-order valence-electron chi connectivity index (χ2n) is 8.68. The molecule has 1 amide bonds. The van der Waals surface area contributed by atoms with Gasteiger partial charge in [0.05, 0.1) is 31.4 Å². The lowest BCUT2D eigenvalue weighted by Gasteiger charge is -2.27. The summed E-state index contributed by atoms with van der Waals surface area (Å²) in [4.78, 5) is 29.7. The normalized spacial score (nSPS) is 17.8. The number of carbonyl (C=O) groups is 2. The Morgan fingerprint density at radius 1 is 1.06 bits per heavy atom. The van der Waals surface area contributed by atoms with Crippen LogP contribution in [-0.2, 0) is 9.59 Å². The van der Waals surface area contributed by atoms with Crippen LogP contribution >= 0.6 is 0 Å². The van der Waals surface area contributed by atoms with Crippen molar-refractivity contribution in [3.63, 3.8) is 0 Å². The van der Waals surface area contributed by atoms with E-state index >= 15 is 0 Å². The molecule has 7 heteroatoms. The molecule has 1 unspecified atom stereocenters. The van der Waals surface area contributed by atoms with Gasteiger partial charge in [0.1, 0.15) is 17.3 Å². The van der Waals surface area contributed by atoms with Crippen LogP contribution in [0.4, 0.5) is 0 Å². The zero-order chi connectivity index (χ0) is 24.3. The summed E-state index contributed by atoms with van der Waals surface area (Å²) in [5.41, 5.74) is 2.26. The number of nitrogens with zero attached hydrogens (tertiary/aromatic N) is 2. The zero-order valence-electron chi connectivity index (χ0n) is 20.1. The summed E-state index contributed by atoms with van der Waals surface area (Å²) in [5, 5.41) is 11.3. The van der Waals surface area contributed by atoms with Crippen molar-refractivity contribution < 1.29 is 24.2 Å². The van der Waals surface area contributed by atoms with Gasteiger partial charge < -0.3 is 24.4 Å². The van der Waals surface area contributed by atoms with Gasteiger partial charge in [0.2, 0.25) is 0 Å². The Bertz CT molecular complexity index is 1060. The Balaban J connectivity index is 2.20. The van der Waals surface area contributed by atoms with Gasteiger partial charge in [-0.05, 0) is 49.3 Å². The van der Waals surface area contributed by atoms with E-state index in [1.165, 1.54) is 19.1 Å². The van der Waals surface area contributed by atoms with Crippen molar-refractivity contribution in [3.8, 4) is 11.5 Å². The summed E-state index contributed by atoms with van der Waals surface area (Å²) in [6.07, 6.45) is 0.